The Balaban J connectivity index is 1.54. The van der Waals surface area contributed by atoms with E-state index in [1.807, 2.05) is 30.3 Å². The Bertz CT molecular complexity index is 1010. The lowest BCUT2D eigenvalue weighted by Crippen LogP contribution is -2.41. The van der Waals surface area contributed by atoms with Crippen LogP contribution < -0.4 is 14.8 Å². The smallest absolute Gasteiger partial charge is 0.322 e. The fourth-order valence-corrected chi connectivity index (χ4v) is 3.60. The number of nitrogens with zero attached hydrogens (tertiary/aromatic N) is 3. The molecule has 156 valence electrons. The molecule has 1 aliphatic heterocycles. The highest BCUT2D eigenvalue weighted by Crippen LogP contribution is 2.33. The molecule has 8 heteroatoms. The van der Waals surface area contributed by atoms with Crippen LogP contribution in [0.2, 0.25) is 0 Å². The summed E-state index contributed by atoms with van der Waals surface area (Å²) in [6.45, 7) is 0.609. The molecule has 30 heavy (non-hydrogen) atoms. The average Bonchev–Trinajstić information content (AvgIpc) is 3.30. The van der Waals surface area contributed by atoms with E-state index in [2.05, 4.69) is 15.5 Å². The standard InChI is InChI=1S/C22H24N4O4/c1-28-16-11-12-17(19(14-16)29-2)23-22(27)26-13-7-6-10-18(26)21-24-20(25-30-21)15-8-4-3-5-9-15/h3-5,8-9,11-12,14,18H,6-7,10,13H2,1-2H3,(H,23,27). The van der Waals surface area contributed by atoms with Gasteiger partial charge in [-0.25, -0.2) is 4.79 Å². The molecule has 0 radical (unpaired) electrons. The average molecular weight is 408 g/mol. The van der Waals surface area contributed by atoms with Gasteiger partial charge in [0.1, 0.15) is 17.5 Å². The van der Waals surface area contributed by atoms with Crippen molar-refractivity contribution in [1.29, 1.82) is 0 Å². The van der Waals surface area contributed by atoms with E-state index < -0.39 is 0 Å². The molecule has 1 aromatic heterocycles. The molecule has 0 aliphatic carbocycles. The summed E-state index contributed by atoms with van der Waals surface area (Å²) in [5.41, 5.74) is 1.45. The molecule has 0 saturated carbocycles. The highest BCUT2D eigenvalue weighted by molar-refractivity contribution is 5.91. The lowest BCUT2D eigenvalue weighted by atomic mass is 10.0. The van der Waals surface area contributed by atoms with E-state index in [0.717, 1.165) is 24.8 Å². The molecule has 8 nitrogen and oxygen atoms in total. The van der Waals surface area contributed by atoms with Gasteiger partial charge in [0.25, 0.3) is 0 Å². The topological polar surface area (TPSA) is 89.7 Å². The zero-order chi connectivity index (χ0) is 20.9. The number of likely N-dealkylation sites (tertiary alicyclic amines) is 1. The van der Waals surface area contributed by atoms with Crippen molar-refractivity contribution in [3.05, 3.63) is 54.4 Å². The third-order valence-electron chi connectivity index (χ3n) is 5.17. The molecule has 1 atom stereocenters. The van der Waals surface area contributed by atoms with Crippen LogP contribution in [0, 0.1) is 0 Å². The number of nitrogens with one attached hydrogen (secondary N) is 1. The molecule has 2 heterocycles. The molecular formula is C22H24N4O4. The van der Waals surface area contributed by atoms with E-state index in [0.29, 0.717) is 35.4 Å². The Morgan fingerprint density at radius 1 is 1.13 bits per heavy atom. The molecule has 1 unspecified atom stereocenters. The number of aromatic nitrogens is 2. The van der Waals surface area contributed by atoms with E-state index in [-0.39, 0.29) is 12.1 Å². The van der Waals surface area contributed by atoms with E-state index in [1.165, 1.54) is 0 Å². The lowest BCUT2D eigenvalue weighted by molar-refractivity contribution is 0.142. The number of piperidine rings is 1. The maximum Gasteiger partial charge on any atom is 0.322 e. The monoisotopic (exact) mass is 408 g/mol. The zero-order valence-electron chi connectivity index (χ0n) is 17.0. The first-order valence-corrected chi connectivity index (χ1v) is 9.88. The second-order valence-corrected chi connectivity index (χ2v) is 7.02. The van der Waals surface area contributed by atoms with Crippen LogP contribution in [0.25, 0.3) is 11.4 Å². The SMILES string of the molecule is COc1ccc(NC(=O)N2CCCCC2c2nc(-c3ccccc3)no2)c(OC)c1. The summed E-state index contributed by atoms with van der Waals surface area (Å²) in [5, 5.41) is 7.04. The molecule has 1 N–H and O–H groups in total. The van der Waals surface area contributed by atoms with Crippen LogP contribution in [-0.4, -0.2) is 41.8 Å². The lowest BCUT2D eigenvalue weighted by Gasteiger charge is -2.33. The van der Waals surface area contributed by atoms with Crippen molar-refractivity contribution in [2.24, 2.45) is 0 Å². The van der Waals surface area contributed by atoms with Gasteiger partial charge >= 0.3 is 6.03 Å². The first-order chi connectivity index (χ1) is 14.7. The number of hydrogen-bond donors (Lipinski definition) is 1. The molecular weight excluding hydrogens is 384 g/mol. The summed E-state index contributed by atoms with van der Waals surface area (Å²) in [5.74, 6) is 2.15. The summed E-state index contributed by atoms with van der Waals surface area (Å²) in [6.07, 6.45) is 2.68. The number of amides is 2. The molecule has 0 spiro atoms. The minimum atomic E-state index is -0.270. The third kappa shape index (κ3) is 4.07. The molecule has 3 aromatic rings. The summed E-state index contributed by atoms with van der Waals surface area (Å²) in [6, 6.07) is 14.4. The number of carbonyl (C=O) groups excluding carboxylic acids is 1. The highest BCUT2D eigenvalue weighted by Gasteiger charge is 2.32. The van der Waals surface area contributed by atoms with Crippen LogP contribution >= 0.6 is 0 Å². The van der Waals surface area contributed by atoms with Gasteiger partial charge in [-0.3, -0.25) is 0 Å². The third-order valence-corrected chi connectivity index (χ3v) is 5.17. The Labute approximate surface area is 174 Å². The largest absolute Gasteiger partial charge is 0.497 e. The summed E-state index contributed by atoms with van der Waals surface area (Å²) in [7, 11) is 3.14. The number of ether oxygens (including phenoxy) is 2. The maximum atomic E-state index is 13.1. The maximum absolute atomic E-state index is 13.1. The summed E-state index contributed by atoms with van der Waals surface area (Å²) in [4.78, 5) is 19.4. The van der Waals surface area contributed by atoms with Crippen molar-refractivity contribution in [3.8, 4) is 22.9 Å². The summed E-state index contributed by atoms with van der Waals surface area (Å²) < 4.78 is 16.1. The van der Waals surface area contributed by atoms with Crippen LogP contribution in [0.5, 0.6) is 11.5 Å². The van der Waals surface area contributed by atoms with E-state index in [9.17, 15) is 4.79 Å². The molecule has 4 rings (SSSR count). The number of carbonyl (C=O) groups is 1. The number of methoxy groups -OCH3 is 2. The fraction of sp³-hybridized carbons (Fsp3) is 0.318. The van der Waals surface area contributed by atoms with Crippen LogP contribution in [-0.2, 0) is 0 Å². The predicted octanol–water partition coefficient (Wildman–Crippen LogP) is 4.51. The van der Waals surface area contributed by atoms with Gasteiger partial charge in [-0.2, -0.15) is 4.98 Å². The number of benzene rings is 2. The quantitative estimate of drug-likeness (QED) is 0.668. The fourth-order valence-electron chi connectivity index (χ4n) is 3.60. The van der Waals surface area contributed by atoms with Gasteiger partial charge in [-0.1, -0.05) is 35.5 Å². The van der Waals surface area contributed by atoms with Gasteiger partial charge in [0.2, 0.25) is 11.7 Å². The predicted molar refractivity (Wildman–Crippen MR) is 112 cm³/mol. The molecule has 1 aliphatic rings. The van der Waals surface area contributed by atoms with Crippen molar-refractivity contribution < 1.29 is 18.8 Å². The van der Waals surface area contributed by atoms with Crippen LogP contribution in [0.15, 0.2) is 53.1 Å². The molecule has 2 amide bonds. The second-order valence-electron chi connectivity index (χ2n) is 7.02. The van der Waals surface area contributed by atoms with E-state index >= 15 is 0 Å². The number of urea groups is 1. The second kappa shape index (κ2) is 8.86. The van der Waals surface area contributed by atoms with Gasteiger partial charge in [0.15, 0.2) is 0 Å². The number of anilines is 1. The molecule has 0 bridgehead atoms. The normalized spacial score (nSPS) is 16.2. The van der Waals surface area contributed by atoms with Gasteiger partial charge in [0.05, 0.1) is 19.9 Å². The van der Waals surface area contributed by atoms with Crippen molar-refractivity contribution in [2.45, 2.75) is 25.3 Å². The van der Waals surface area contributed by atoms with Crippen molar-refractivity contribution in [3.63, 3.8) is 0 Å². The van der Waals surface area contributed by atoms with Gasteiger partial charge in [-0.05, 0) is 31.4 Å². The Morgan fingerprint density at radius 2 is 1.97 bits per heavy atom. The van der Waals surface area contributed by atoms with Crippen molar-refractivity contribution in [2.75, 3.05) is 26.1 Å². The van der Waals surface area contributed by atoms with E-state index in [4.69, 9.17) is 14.0 Å². The van der Waals surface area contributed by atoms with Gasteiger partial charge in [-0.15, -0.1) is 0 Å². The first-order valence-electron chi connectivity index (χ1n) is 9.88. The molecule has 1 fully saturated rings. The van der Waals surface area contributed by atoms with Gasteiger partial charge < -0.3 is 24.2 Å². The Kier molecular flexibility index (Phi) is 5.83. The summed E-state index contributed by atoms with van der Waals surface area (Å²) >= 11 is 0. The number of rotatable bonds is 5. The van der Waals surface area contributed by atoms with Gasteiger partial charge in [0, 0.05) is 18.2 Å². The number of hydrogen-bond acceptors (Lipinski definition) is 6. The zero-order valence-corrected chi connectivity index (χ0v) is 17.0. The van der Waals surface area contributed by atoms with Crippen LogP contribution in [0.1, 0.15) is 31.2 Å². The van der Waals surface area contributed by atoms with Crippen molar-refractivity contribution in [1.82, 2.24) is 15.0 Å². The minimum absolute atomic E-state index is 0.234. The highest BCUT2D eigenvalue weighted by atomic mass is 16.5. The first kappa shape index (κ1) is 19.8. The van der Waals surface area contributed by atoms with Crippen LogP contribution in [0.4, 0.5) is 10.5 Å². The Hall–Kier alpha value is -3.55. The van der Waals surface area contributed by atoms with E-state index in [1.54, 1.807) is 37.3 Å². The van der Waals surface area contributed by atoms with Crippen molar-refractivity contribution >= 4 is 11.7 Å². The minimum Gasteiger partial charge on any atom is -0.497 e. The molecule has 1 saturated heterocycles. The van der Waals surface area contributed by atoms with Crippen LogP contribution in [0.3, 0.4) is 0 Å². The Morgan fingerprint density at radius 3 is 2.73 bits per heavy atom. The molecule has 2 aromatic carbocycles.